The summed E-state index contributed by atoms with van der Waals surface area (Å²) in [5.41, 5.74) is 2.96. The molecule has 22 heavy (non-hydrogen) atoms. The molecule has 3 atom stereocenters. The molecule has 4 rings (SSSR count). The fourth-order valence-electron chi connectivity index (χ4n) is 5.00. The van der Waals surface area contributed by atoms with Gasteiger partial charge in [-0.25, -0.2) is 0 Å². The number of piperidine rings is 1. The quantitative estimate of drug-likeness (QED) is 0.829. The predicted octanol–water partition coefficient (Wildman–Crippen LogP) is 3.81. The highest BCUT2D eigenvalue weighted by molar-refractivity contribution is 5.49. The molecule has 1 saturated heterocycles. The molecule has 2 heterocycles. The maximum Gasteiger partial charge on any atom is 0.161 e. The van der Waals surface area contributed by atoms with E-state index in [1.165, 1.54) is 56.3 Å². The minimum Gasteiger partial charge on any atom is -0.493 e. The van der Waals surface area contributed by atoms with Crippen molar-refractivity contribution >= 4 is 0 Å². The van der Waals surface area contributed by atoms with Gasteiger partial charge >= 0.3 is 0 Å². The number of hydrogen-bond acceptors (Lipinski definition) is 3. The van der Waals surface area contributed by atoms with Crippen LogP contribution in [0.4, 0.5) is 0 Å². The standard InChI is InChI=1S/C19H27NO2/c1-21-18-10-14-7-8-20-12-15-6-4-3-5-13(15)9-17(20)16(14)11-19(18)22-2/h10-11,13,15,17H,3-9,12H2,1-2H3/t13-,15-,17+/m1/s1. The lowest BCUT2D eigenvalue weighted by Gasteiger charge is -2.49. The molecular weight excluding hydrogens is 274 g/mol. The molecule has 3 nitrogen and oxygen atoms in total. The SMILES string of the molecule is COc1cc2c(cc1OC)[C@@H]1C[C@H]3CCCC[C@@H]3CN1CC2. The van der Waals surface area contributed by atoms with Crippen LogP contribution in [0.25, 0.3) is 0 Å². The monoisotopic (exact) mass is 301 g/mol. The van der Waals surface area contributed by atoms with Gasteiger partial charge in [-0.2, -0.15) is 0 Å². The van der Waals surface area contributed by atoms with E-state index in [0.29, 0.717) is 6.04 Å². The first kappa shape index (κ1) is 14.4. The minimum atomic E-state index is 0.600. The van der Waals surface area contributed by atoms with Crippen molar-refractivity contribution < 1.29 is 9.47 Å². The van der Waals surface area contributed by atoms with E-state index in [4.69, 9.17) is 9.47 Å². The Kier molecular flexibility index (Phi) is 3.77. The van der Waals surface area contributed by atoms with Crippen LogP contribution in [0.3, 0.4) is 0 Å². The number of rotatable bonds is 2. The van der Waals surface area contributed by atoms with Crippen molar-refractivity contribution in [3.05, 3.63) is 23.3 Å². The highest BCUT2D eigenvalue weighted by atomic mass is 16.5. The van der Waals surface area contributed by atoms with Crippen molar-refractivity contribution in [1.29, 1.82) is 0 Å². The number of methoxy groups -OCH3 is 2. The van der Waals surface area contributed by atoms with Gasteiger partial charge in [0.25, 0.3) is 0 Å². The Morgan fingerprint density at radius 3 is 2.50 bits per heavy atom. The van der Waals surface area contributed by atoms with Gasteiger partial charge in [0.2, 0.25) is 0 Å². The van der Waals surface area contributed by atoms with E-state index in [9.17, 15) is 0 Å². The van der Waals surface area contributed by atoms with Crippen LogP contribution in [0.5, 0.6) is 11.5 Å². The summed E-state index contributed by atoms with van der Waals surface area (Å²) in [6.45, 7) is 2.51. The fraction of sp³-hybridized carbons (Fsp3) is 0.684. The Balaban J connectivity index is 1.67. The van der Waals surface area contributed by atoms with Gasteiger partial charge in [0.15, 0.2) is 11.5 Å². The van der Waals surface area contributed by atoms with Gasteiger partial charge < -0.3 is 9.47 Å². The summed E-state index contributed by atoms with van der Waals surface area (Å²) in [7, 11) is 3.47. The van der Waals surface area contributed by atoms with Crippen LogP contribution < -0.4 is 9.47 Å². The van der Waals surface area contributed by atoms with E-state index in [1.807, 2.05) is 0 Å². The molecule has 0 N–H and O–H groups in total. The molecule has 1 aromatic carbocycles. The largest absolute Gasteiger partial charge is 0.493 e. The van der Waals surface area contributed by atoms with Crippen LogP contribution in [0, 0.1) is 11.8 Å². The zero-order valence-corrected chi connectivity index (χ0v) is 13.8. The molecular formula is C19H27NO2. The molecule has 2 aliphatic heterocycles. The lowest BCUT2D eigenvalue weighted by Crippen LogP contribution is -2.46. The van der Waals surface area contributed by atoms with Crippen molar-refractivity contribution in [2.75, 3.05) is 27.3 Å². The maximum absolute atomic E-state index is 5.55. The second-order valence-electron chi connectivity index (χ2n) is 7.21. The predicted molar refractivity (Wildman–Crippen MR) is 87.6 cm³/mol. The molecule has 120 valence electrons. The molecule has 1 aromatic rings. The van der Waals surface area contributed by atoms with Gasteiger partial charge in [0.05, 0.1) is 14.2 Å². The number of ether oxygens (including phenoxy) is 2. The Labute approximate surface area is 133 Å². The highest BCUT2D eigenvalue weighted by Gasteiger charge is 2.39. The van der Waals surface area contributed by atoms with E-state index >= 15 is 0 Å². The first-order valence-corrected chi connectivity index (χ1v) is 8.79. The second kappa shape index (κ2) is 5.77. The molecule has 2 fully saturated rings. The molecule has 3 heteroatoms. The highest BCUT2D eigenvalue weighted by Crippen LogP contribution is 2.47. The lowest BCUT2D eigenvalue weighted by atomic mass is 9.70. The van der Waals surface area contributed by atoms with Crippen molar-refractivity contribution in [3.63, 3.8) is 0 Å². The van der Waals surface area contributed by atoms with Crippen LogP contribution in [-0.4, -0.2) is 32.2 Å². The average Bonchev–Trinajstić information content (AvgIpc) is 2.58. The normalized spacial score (nSPS) is 30.9. The van der Waals surface area contributed by atoms with Crippen molar-refractivity contribution in [3.8, 4) is 11.5 Å². The zero-order chi connectivity index (χ0) is 15.1. The first-order chi connectivity index (χ1) is 10.8. The van der Waals surface area contributed by atoms with Crippen LogP contribution in [-0.2, 0) is 6.42 Å². The van der Waals surface area contributed by atoms with Gasteiger partial charge in [-0.1, -0.05) is 19.3 Å². The van der Waals surface area contributed by atoms with Gasteiger partial charge in [-0.15, -0.1) is 0 Å². The summed E-state index contributed by atoms with van der Waals surface area (Å²) in [6.07, 6.45) is 8.26. The third-order valence-corrected chi connectivity index (χ3v) is 6.18. The zero-order valence-electron chi connectivity index (χ0n) is 13.8. The third-order valence-electron chi connectivity index (χ3n) is 6.18. The first-order valence-electron chi connectivity index (χ1n) is 8.79. The molecule has 0 bridgehead atoms. The van der Waals surface area contributed by atoms with Gasteiger partial charge in [-0.05, 0) is 54.4 Å². The van der Waals surface area contributed by atoms with Crippen LogP contribution in [0.2, 0.25) is 0 Å². The maximum atomic E-state index is 5.55. The summed E-state index contributed by atoms with van der Waals surface area (Å²) >= 11 is 0. The number of nitrogens with zero attached hydrogens (tertiary/aromatic N) is 1. The molecule has 1 saturated carbocycles. The van der Waals surface area contributed by atoms with Crippen LogP contribution in [0.1, 0.15) is 49.3 Å². The number of hydrogen-bond donors (Lipinski definition) is 0. The summed E-state index contributed by atoms with van der Waals surface area (Å²) in [5.74, 6) is 3.65. The fourth-order valence-corrected chi connectivity index (χ4v) is 5.00. The van der Waals surface area contributed by atoms with Crippen LogP contribution in [0.15, 0.2) is 12.1 Å². The van der Waals surface area contributed by atoms with Gasteiger partial charge in [0.1, 0.15) is 0 Å². The van der Waals surface area contributed by atoms with E-state index < -0.39 is 0 Å². The average molecular weight is 301 g/mol. The number of fused-ring (bicyclic) bond motifs is 4. The topological polar surface area (TPSA) is 21.7 Å². The summed E-state index contributed by atoms with van der Waals surface area (Å²) in [6, 6.07) is 5.05. The lowest BCUT2D eigenvalue weighted by molar-refractivity contribution is 0.0320. The molecule has 1 aliphatic carbocycles. The van der Waals surface area contributed by atoms with Crippen molar-refractivity contribution in [2.45, 2.75) is 44.6 Å². The van der Waals surface area contributed by atoms with E-state index in [1.54, 1.807) is 14.2 Å². The third kappa shape index (κ3) is 2.30. The van der Waals surface area contributed by atoms with E-state index in [-0.39, 0.29) is 0 Å². The van der Waals surface area contributed by atoms with E-state index in [2.05, 4.69) is 17.0 Å². The minimum absolute atomic E-state index is 0.600. The van der Waals surface area contributed by atoms with Gasteiger partial charge in [0, 0.05) is 19.1 Å². The Bertz CT molecular complexity index is 557. The molecule has 0 aromatic heterocycles. The Hall–Kier alpha value is -1.22. The summed E-state index contributed by atoms with van der Waals surface area (Å²) < 4.78 is 11.0. The number of benzene rings is 1. The summed E-state index contributed by atoms with van der Waals surface area (Å²) in [4.78, 5) is 2.74. The Morgan fingerprint density at radius 2 is 1.73 bits per heavy atom. The van der Waals surface area contributed by atoms with E-state index in [0.717, 1.165) is 29.8 Å². The van der Waals surface area contributed by atoms with Gasteiger partial charge in [-0.3, -0.25) is 4.90 Å². The van der Waals surface area contributed by atoms with Crippen molar-refractivity contribution in [1.82, 2.24) is 4.90 Å². The summed E-state index contributed by atoms with van der Waals surface area (Å²) in [5, 5.41) is 0. The molecule has 0 amide bonds. The van der Waals surface area contributed by atoms with Crippen molar-refractivity contribution in [2.24, 2.45) is 11.8 Å². The molecule has 0 radical (unpaired) electrons. The molecule has 0 unspecified atom stereocenters. The molecule has 3 aliphatic rings. The smallest absolute Gasteiger partial charge is 0.161 e. The molecule has 0 spiro atoms. The van der Waals surface area contributed by atoms with Crippen LogP contribution >= 0.6 is 0 Å². The second-order valence-corrected chi connectivity index (χ2v) is 7.21. The Morgan fingerprint density at radius 1 is 1.00 bits per heavy atom.